The molecule has 2 aliphatic carbocycles. The van der Waals surface area contributed by atoms with E-state index in [1.165, 1.54) is 69.9 Å². The van der Waals surface area contributed by atoms with Gasteiger partial charge in [-0.3, -0.25) is 0 Å². The second-order valence-electron chi connectivity index (χ2n) is 9.33. The molecule has 1 aromatic heterocycles. The van der Waals surface area contributed by atoms with E-state index in [2.05, 4.69) is 15.1 Å². The Morgan fingerprint density at radius 2 is 1.77 bits per heavy atom. The Bertz CT molecular complexity index is 857. The molecule has 5 rings (SSSR count). The predicted octanol–water partition coefficient (Wildman–Crippen LogP) is 5.61. The average Bonchev–Trinajstić information content (AvgIpc) is 3.29. The Morgan fingerprint density at radius 3 is 2.47 bits per heavy atom. The molecule has 3 aliphatic rings. The zero-order valence-electron chi connectivity index (χ0n) is 17.3. The molecular formula is C24H29ClFN3O. The molecular weight excluding hydrogens is 401 g/mol. The van der Waals surface area contributed by atoms with Gasteiger partial charge in [0, 0.05) is 31.3 Å². The SMILES string of the molecule is Fc1ccc(Cl)c(-c2ccc(OC3C[C@@H]4CN(CC5CCCCC5)C[C@@H]4C3)nn2)c1. The van der Waals surface area contributed by atoms with Crippen LogP contribution in [-0.4, -0.2) is 40.8 Å². The third kappa shape index (κ3) is 4.47. The standard InChI is InChI=1S/C24H29ClFN3O/c25-22-7-6-19(26)12-21(22)23-8-9-24(28-27-23)30-20-10-17-14-29(15-18(17)11-20)13-16-4-2-1-3-5-16/h6-9,12,16-18,20H,1-5,10-11,13-15H2/t17-,18+,20?. The minimum Gasteiger partial charge on any atom is -0.473 e. The van der Waals surface area contributed by atoms with E-state index in [1.54, 1.807) is 6.07 Å². The molecule has 0 amide bonds. The Hall–Kier alpha value is -1.72. The monoisotopic (exact) mass is 429 g/mol. The number of ether oxygens (including phenoxy) is 1. The van der Waals surface area contributed by atoms with Gasteiger partial charge in [-0.05, 0) is 67.7 Å². The van der Waals surface area contributed by atoms with Crippen molar-refractivity contribution in [2.75, 3.05) is 19.6 Å². The van der Waals surface area contributed by atoms with Gasteiger partial charge >= 0.3 is 0 Å². The molecule has 1 aromatic carbocycles. The van der Waals surface area contributed by atoms with Crippen LogP contribution in [0.3, 0.4) is 0 Å². The molecule has 2 aromatic rings. The van der Waals surface area contributed by atoms with Gasteiger partial charge in [-0.2, -0.15) is 0 Å². The topological polar surface area (TPSA) is 38.2 Å². The second kappa shape index (κ2) is 8.80. The highest BCUT2D eigenvalue weighted by atomic mass is 35.5. The Balaban J connectivity index is 1.14. The first-order valence-electron chi connectivity index (χ1n) is 11.3. The number of hydrogen-bond acceptors (Lipinski definition) is 4. The van der Waals surface area contributed by atoms with Gasteiger partial charge in [0.1, 0.15) is 11.9 Å². The highest BCUT2D eigenvalue weighted by Gasteiger charge is 2.42. The molecule has 0 N–H and O–H groups in total. The Kier molecular flexibility index (Phi) is 5.92. The van der Waals surface area contributed by atoms with Crippen LogP contribution < -0.4 is 4.74 Å². The summed E-state index contributed by atoms with van der Waals surface area (Å²) in [7, 11) is 0. The van der Waals surface area contributed by atoms with Crippen molar-refractivity contribution in [3.8, 4) is 17.1 Å². The normalized spacial score (nSPS) is 27.3. The molecule has 1 saturated heterocycles. The summed E-state index contributed by atoms with van der Waals surface area (Å²) < 4.78 is 19.7. The lowest BCUT2D eigenvalue weighted by molar-refractivity contribution is 0.167. The quantitative estimate of drug-likeness (QED) is 0.619. The second-order valence-corrected chi connectivity index (χ2v) is 9.74. The van der Waals surface area contributed by atoms with Crippen LogP contribution in [0.2, 0.25) is 5.02 Å². The molecule has 3 fully saturated rings. The van der Waals surface area contributed by atoms with E-state index in [9.17, 15) is 4.39 Å². The smallest absolute Gasteiger partial charge is 0.233 e. The average molecular weight is 430 g/mol. The van der Waals surface area contributed by atoms with Crippen molar-refractivity contribution in [3.63, 3.8) is 0 Å². The van der Waals surface area contributed by atoms with Crippen molar-refractivity contribution in [2.24, 2.45) is 17.8 Å². The molecule has 2 saturated carbocycles. The molecule has 160 valence electrons. The number of hydrogen-bond donors (Lipinski definition) is 0. The number of halogens is 2. The molecule has 0 spiro atoms. The largest absolute Gasteiger partial charge is 0.473 e. The maximum atomic E-state index is 13.5. The van der Waals surface area contributed by atoms with Crippen LogP contribution >= 0.6 is 11.6 Å². The zero-order valence-corrected chi connectivity index (χ0v) is 18.0. The summed E-state index contributed by atoms with van der Waals surface area (Å²) in [5.74, 6) is 2.61. The summed E-state index contributed by atoms with van der Waals surface area (Å²) in [4.78, 5) is 2.71. The fourth-order valence-corrected chi connectivity index (χ4v) is 5.93. The minimum absolute atomic E-state index is 0.217. The summed E-state index contributed by atoms with van der Waals surface area (Å²) in [6, 6.07) is 7.86. The van der Waals surface area contributed by atoms with Gasteiger partial charge < -0.3 is 9.64 Å². The van der Waals surface area contributed by atoms with Crippen LogP contribution in [0, 0.1) is 23.6 Å². The number of benzene rings is 1. The first kappa shape index (κ1) is 20.2. The van der Waals surface area contributed by atoms with Crippen molar-refractivity contribution in [3.05, 3.63) is 41.2 Å². The van der Waals surface area contributed by atoms with E-state index >= 15 is 0 Å². The van der Waals surface area contributed by atoms with Crippen LogP contribution in [0.1, 0.15) is 44.9 Å². The summed E-state index contributed by atoms with van der Waals surface area (Å²) in [6.45, 7) is 3.75. The highest BCUT2D eigenvalue weighted by molar-refractivity contribution is 6.33. The van der Waals surface area contributed by atoms with E-state index < -0.39 is 0 Å². The predicted molar refractivity (Wildman–Crippen MR) is 116 cm³/mol. The van der Waals surface area contributed by atoms with Crippen LogP contribution in [-0.2, 0) is 0 Å². The van der Waals surface area contributed by atoms with Crippen molar-refractivity contribution >= 4 is 11.6 Å². The van der Waals surface area contributed by atoms with Gasteiger partial charge in [0.25, 0.3) is 0 Å². The van der Waals surface area contributed by atoms with Crippen molar-refractivity contribution < 1.29 is 9.13 Å². The Labute approximate surface area is 182 Å². The summed E-state index contributed by atoms with van der Waals surface area (Å²) in [6.07, 6.45) is 9.55. The van der Waals surface area contributed by atoms with Crippen molar-refractivity contribution in [1.29, 1.82) is 0 Å². The molecule has 4 nitrogen and oxygen atoms in total. The van der Waals surface area contributed by atoms with E-state index in [1.807, 2.05) is 6.07 Å². The van der Waals surface area contributed by atoms with E-state index in [-0.39, 0.29) is 11.9 Å². The number of nitrogens with zero attached hydrogens (tertiary/aromatic N) is 3. The van der Waals surface area contributed by atoms with Crippen LogP contribution in [0.4, 0.5) is 4.39 Å². The Morgan fingerprint density at radius 1 is 1.00 bits per heavy atom. The lowest BCUT2D eigenvalue weighted by Crippen LogP contribution is -2.30. The third-order valence-electron chi connectivity index (χ3n) is 7.16. The van der Waals surface area contributed by atoms with Crippen molar-refractivity contribution in [1.82, 2.24) is 15.1 Å². The molecule has 0 bridgehead atoms. The lowest BCUT2D eigenvalue weighted by atomic mass is 9.89. The maximum absolute atomic E-state index is 13.5. The zero-order chi connectivity index (χ0) is 20.5. The maximum Gasteiger partial charge on any atom is 0.233 e. The van der Waals surface area contributed by atoms with Crippen molar-refractivity contribution in [2.45, 2.75) is 51.0 Å². The summed E-state index contributed by atoms with van der Waals surface area (Å²) in [5, 5.41) is 8.88. The minimum atomic E-state index is -0.341. The molecule has 1 aliphatic heterocycles. The first-order chi connectivity index (χ1) is 14.6. The molecule has 3 atom stereocenters. The van der Waals surface area contributed by atoms with Crippen LogP contribution in [0.5, 0.6) is 5.88 Å². The highest BCUT2D eigenvalue weighted by Crippen LogP contribution is 2.40. The van der Waals surface area contributed by atoms with Gasteiger partial charge in [-0.1, -0.05) is 30.9 Å². The van der Waals surface area contributed by atoms with Gasteiger partial charge in [0.05, 0.1) is 10.7 Å². The van der Waals surface area contributed by atoms with Gasteiger partial charge in [0.15, 0.2) is 0 Å². The molecule has 1 unspecified atom stereocenters. The fourth-order valence-electron chi connectivity index (χ4n) is 5.71. The van der Waals surface area contributed by atoms with Crippen LogP contribution in [0.15, 0.2) is 30.3 Å². The summed E-state index contributed by atoms with van der Waals surface area (Å²) in [5.41, 5.74) is 1.10. The third-order valence-corrected chi connectivity index (χ3v) is 7.49. The number of aromatic nitrogens is 2. The molecule has 2 heterocycles. The van der Waals surface area contributed by atoms with Gasteiger partial charge in [-0.25, -0.2) is 4.39 Å². The van der Waals surface area contributed by atoms with Gasteiger partial charge in [0.2, 0.25) is 5.88 Å². The van der Waals surface area contributed by atoms with E-state index in [0.717, 1.165) is 30.6 Å². The summed E-state index contributed by atoms with van der Waals surface area (Å²) >= 11 is 6.17. The number of fused-ring (bicyclic) bond motifs is 1. The molecule has 6 heteroatoms. The number of rotatable bonds is 5. The van der Waals surface area contributed by atoms with E-state index in [0.29, 0.717) is 22.2 Å². The van der Waals surface area contributed by atoms with Crippen LogP contribution in [0.25, 0.3) is 11.3 Å². The number of likely N-dealkylation sites (tertiary alicyclic amines) is 1. The lowest BCUT2D eigenvalue weighted by Gasteiger charge is -2.27. The first-order valence-corrected chi connectivity index (χ1v) is 11.7. The van der Waals surface area contributed by atoms with E-state index in [4.69, 9.17) is 16.3 Å². The van der Waals surface area contributed by atoms with Gasteiger partial charge in [-0.15, -0.1) is 10.2 Å². The fraction of sp³-hybridized carbons (Fsp3) is 0.583. The molecule has 0 radical (unpaired) electrons. The molecule has 30 heavy (non-hydrogen) atoms.